The summed E-state index contributed by atoms with van der Waals surface area (Å²) in [5.41, 5.74) is 6.14. The van der Waals surface area contributed by atoms with Crippen molar-refractivity contribution in [2.24, 2.45) is 0 Å². The number of nitrogens with zero attached hydrogens (tertiary/aromatic N) is 3. The van der Waals surface area contributed by atoms with Crippen molar-refractivity contribution in [3.63, 3.8) is 0 Å². The average molecular weight is 509 g/mol. The molecule has 178 valence electrons. The van der Waals surface area contributed by atoms with E-state index in [0.717, 1.165) is 5.69 Å². The number of ether oxygens (including phenoxy) is 1. The zero-order chi connectivity index (χ0) is 24.5. The Balaban J connectivity index is 1.37. The Kier molecular flexibility index (Phi) is 8.21. The molecule has 9 nitrogen and oxygen atoms in total. The van der Waals surface area contributed by atoms with E-state index in [9.17, 15) is 9.59 Å². The molecular formula is C24H21ClN6O3S. The summed E-state index contributed by atoms with van der Waals surface area (Å²) in [6, 6.07) is 24.9. The molecule has 4 aromatic rings. The number of hydrazine groups is 1. The van der Waals surface area contributed by atoms with Gasteiger partial charge in [-0.2, -0.15) is 0 Å². The molecule has 3 amide bonds. The third-order valence-electron chi connectivity index (χ3n) is 4.58. The minimum Gasteiger partial charge on any atom is -0.486 e. The summed E-state index contributed by atoms with van der Waals surface area (Å²) in [6.45, 7) is 0.164. The molecule has 11 heteroatoms. The predicted molar refractivity (Wildman–Crippen MR) is 135 cm³/mol. The van der Waals surface area contributed by atoms with Crippen molar-refractivity contribution in [1.82, 2.24) is 25.6 Å². The highest BCUT2D eigenvalue weighted by molar-refractivity contribution is 7.99. The maximum atomic E-state index is 12.3. The molecule has 1 aromatic heterocycles. The van der Waals surface area contributed by atoms with Crippen LogP contribution in [0.1, 0.15) is 5.82 Å². The van der Waals surface area contributed by atoms with E-state index in [0.29, 0.717) is 27.4 Å². The molecule has 0 radical (unpaired) electrons. The van der Waals surface area contributed by atoms with Crippen LogP contribution in [0.5, 0.6) is 5.75 Å². The van der Waals surface area contributed by atoms with Crippen LogP contribution in [0, 0.1) is 0 Å². The van der Waals surface area contributed by atoms with Gasteiger partial charge in [-0.25, -0.2) is 10.2 Å². The lowest BCUT2D eigenvalue weighted by molar-refractivity contribution is -0.119. The van der Waals surface area contributed by atoms with Crippen molar-refractivity contribution < 1.29 is 14.3 Å². The molecule has 1 heterocycles. The number of hydrogen-bond acceptors (Lipinski definition) is 6. The molecule has 0 aliphatic heterocycles. The van der Waals surface area contributed by atoms with Gasteiger partial charge in [0, 0.05) is 16.4 Å². The van der Waals surface area contributed by atoms with Gasteiger partial charge in [0.25, 0.3) is 0 Å². The lowest BCUT2D eigenvalue weighted by Gasteiger charge is -2.11. The fraction of sp³-hybridized carbons (Fsp3) is 0.0833. The number of nitrogens with one attached hydrogen (secondary N) is 3. The largest absolute Gasteiger partial charge is 0.486 e. The molecule has 3 N–H and O–H groups in total. The smallest absolute Gasteiger partial charge is 0.337 e. The number of hydrogen-bond donors (Lipinski definition) is 3. The Labute approximate surface area is 210 Å². The number of aromatic nitrogens is 3. The molecule has 0 atom stereocenters. The van der Waals surface area contributed by atoms with Gasteiger partial charge in [-0.1, -0.05) is 59.8 Å². The summed E-state index contributed by atoms with van der Waals surface area (Å²) in [5, 5.41) is 12.2. The number of urea groups is 1. The van der Waals surface area contributed by atoms with Gasteiger partial charge in [-0.15, -0.1) is 10.2 Å². The highest BCUT2D eigenvalue weighted by atomic mass is 35.5. The van der Waals surface area contributed by atoms with Gasteiger partial charge in [0.05, 0.1) is 5.75 Å². The average Bonchev–Trinajstić information content (AvgIpc) is 3.30. The molecular weight excluding hydrogens is 488 g/mol. The second-order valence-corrected chi connectivity index (χ2v) is 8.47. The fourth-order valence-electron chi connectivity index (χ4n) is 2.98. The highest BCUT2D eigenvalue weighted by Crippen LogP contribution is 2.23. The highest BCUT2D eigenvalue weighted by Gasteiger charge is 2.17. The summed E-state index contributed by atoms with van der Waals surface area (Å²) in [5.74, 6) is 0.814. The van der Waals surface area contributed by atoms with E-state index in [1.807, 2.05) is 41.0 Å². The molecule has 35 heavy (non-hydrogen) atoms. The van der Waals surface area contributed by atoms with E-state index in [1.165, 1.54) is 11.8 Å². The van der Waals surface area contributed by atoms with E-state index in [1.54, 1.807) is 48.5 Å². The molecule has 0 aliphatic carbocycles. The first-order chi connectivity index (χ1) is 17.1. The summed E-state index contributed by atoms with van der Waals surface area (Å²) in [7, 11) is 0. The van der Waals surface area contributed by atoms with Gasteiger partial charge < -0.3 is 10.1 Å². The van der Waals surface area contributed by atoms with Crippen molar-refractivity contribution in [2.75, 3.05) is 11.1 Å². The Hall–Kier alpha value is -4.02. The lowest BCUT2D eigenvalue weighted by atomic mass is 10.3. The Morgan fingerprint density at radius 3 is 2.29 bits per heavy atom. The number of rotatable bonds is 8. The van der Waals surface area contributed by atoms with E-state index < -0.39 is 11.9 Å². The number of benzene rings is 3. The van der Waals surface area contributed by atoms with E-state index in [4.69, 9.17) is 16.3 Å². The summed E-state index contributed by atoms with van der Waals surface area (Å²) < 4.78 is 7.66. The monoisotopic (exact) mass is 508 g/mol. The zero-order valence-corrected chi connectivity index (χ0v) is 19.9. The van der Waals surface area contributed by atoms with Crippen molar-refractivity contribution >= 4 is 41.0 Å². The maximum absolute atomic E-state index is 12.3. The Morgan fingerprint density at radius 2 is 1.57 bits per heavy atom. The molecule has 0 bridgehead atoms. The normalized spacial score (nSPS) is 10.4. The van der Waals surface area contributed by atoms with Crippen LogP contribution in [0.3, 0.4) is 0 Å². The van der Waals surface area contributed by atoms with Gasteiger partial charge in [0.1, 0.15) is 12.4 Å². The quantitative estimate of drug-likeness (QED) is 0.240. The molecule has 3 aromatic carbocycles. The number of thioether (sulfide) groups is 1. The minimum absolute atomic E-state index is 0.00856. The van der Waals surface area contributed by atoms with Crippen molar-refractivity contribution in [1.29, 1.82) is 0 Å². The SMILES string of the molecule is O=C(CSc1nnc(COc2ccc(Cl)cc2)n1-c1ccccc1)NNC(=O)Nc1ccccc1. The third kappa shape index (κ3) is 6.98. The van der Waals surface area contributed by atoms with E-state index in [-0.39, 0.29) is 12.4 Å². The van der Waals surface area contributed by atoms with Gasteiger partial charge in [0.15, 0.2) is 11.0 Å². The number of halogens is 1. The van der Waals surface area contributed by atoms with Gasteiger partial charge in [-0.05, 0) is 48.5 Å². The zero-order valence-electron chi connectivity index (χ0n) is 18.3. The Morgan fingerprint density at radius 1 is 0.886 bits per heavy atom. The Bertz CT molecular complexity index is 1270. The number of amides is 3. The molecule has 0 saturated carbocycles. The second kappa shape index (κ2) is 11.9. The lowest BCUT2D eigenvalue weighted by Crippen LogP contribution is -2.44. The van der Waals surface area contributed by atoms with Crippen molar-refractivity contribution in [2.45, 2.75) is 11.8 Å². The number of carbonyl (C=O) groups excluding carboxylic acids is 2. The second-order valence-electron chi connectivity index (χ2n) is 7.09. The van der Waals surface area contributed by atoms with Crippen molar-refractivity contribution in [3.05, 3.63) is 95.8 Å². The van der Waals surface area contributed by atoms with Crippen LogP contribution in [0.2, 0.25) is 5.02 Å². The minimum atomic E-state index is -0.552. The standard InChI is InChI=1S/C24H21ClN6O3S/c25-17-11-13-20(14-12-17)34-15-21-27-30-24(31(21)19-9-5-2-6-10-19)35-16-22(32)28-29-23(33)26-18-7-3-1-4-8-18/h1-14H,15-16H2,(H,28,32)(H2,26,29,33). The van der Waals surface area contributed by atoms with Crippen LogP contribution >= 0.6 is 23.4 Å². The molecule has 0 aliphatic rings. The molecule has 0 fully saturated rings. The first kappa shape index (κ1) is 24.1. The van der Waals surface area contributed by atoms with Crippen LogP contribution in [-0.4, -0.2) is 32.5 Å². The summed E-state index contributed by atoms with van der Waals surface area (Å²) in [6.07, 6.45) is 0. The fourth-order valence-corrected chi connectivity index (χ4v) is 3.88. The maximum Gasteiger partial charge on any atom is 0.337 e. The number of carbonyl (C=O) groups is 2. The summed E-state index contributed by atoms with van der Waals surface area (Å²) >= 11 is 7.11. The van der Waals surface area contributed by atoms with Crippen LogP contribution < -0.4 is 20.9 Å². The third-order valence-corrected chi connectivity index (χ3v) is 5.76. The molecule has 0 spiro atoms. The first-order valence-corrected chi connectivity index (χ1v) is 11.9. The summed E-state index contributed by atoms with van der Waals surface area (Å²) in [4.78, 5) is 24.2. The first-order valence-electron chi connectivity index (χ1n) is 10.5. The predicted octanol–water partition coefficient (Wildman–Crippen LogP) is 4.44. The topological polar surface area (TPSA) is 110 Å². The van der Waals surface area contributed by atoms with Crippen LogP contribution in [0.25, 0.3) is 5.69 Å². The van der Waals surface area contributed by atoms with Gasteiger partial charge in [0.2, 0.25) is 5.91 Å². The van der Waals surface area contributed by atoms with Gasteiger partial charge in [-0.3, -0.25) is 14.8 Å². The molecule has 0 saturated heterocycles. The van der Waals surface area contributed by atoms with Crippen LogP contribution in [0.4, 0.5) is 10.5 Å². The molecule has 4 rings (SSSR count). The number of anilines is 1. The van der Waals surface area contributed by atoms with Gasteiger partial charge >= 0.3 is 6.03 Å². The van der Waals surface area contributed by atoms with E-state index >= 15 is 0 Å². The number of para-hydroxylation sites is 2. The van der Waals surface area contributed by atoms with Crippen LogP contribution in [-0.2, 0) is 11.4 Å². The van der Waals surface area contributed by atoms with Crippen molar-refractivity contribution in [3.8, 4) is 11.4 Å². The molecule has 0 unspecified atom stereocenters. The van der Waals surface area contributed by atoms with E-state index in [2.05, 4.69) is 26.4 Å². The van der Waals surface area contributed by atoms with Crippen LogP contribution in [0.15, 0.2) is 90.1 Å².